The van der Waals surface area contributed by atoms with Crippen molar-refractivity contribution < 1.29 is 13.2 Å². The molecular formula is C21H21ClF3N5S2. The Morgan fingerprint density at radius 1 is 1.31 bits per heavy atom. The maximum Gasteiger partial charge on any atom is 0.420 e. The molecule has 0 saturated carbocycles. The lowest BCUT2D eigenvalue weighted by molar-refractivity contribution is -0.137. The van der Waals surface area contributed by atoms with Gasteiger partial charge in [-0.05, 0) is 37.4 Å². The molecule has 11 heteroatoms. The Bertz CT molecular complexity index is 1110. The third-order valence-electron chi connectivity index (χ3n) is 5.07. The third-order valence-corrected chi connectivity index (χ3v) is 7.18. The highest BCUT2D eigenvalue weighted by Gasteiger charge is 2.36. The van der Waals surface area contributed by atoms with E-state index in [4.69, 9.17) is 11.6 Å². The van der Waals surface area contributed by atoms with E-state index < -0.39 is 11.7 Å². The van der Waals surface area contributed by atoms with Crippen LogP contribution in [0.2, 0.25) is 5.02 Å². The molecular weight excluding hydrogens is 479 g/mol. The van der Waals surface area contributed by atoms with Crippen molar-refractivity contribution in [3.63, 3.8) is 0 Å². The molecule has 2 N–H and O–H groups in total. The number of anilines is 3. The van der Waals surface area contributed by atoms with Crippen molar-refractivity contribution in [2.75, 3.05) is 36.1 Å². The van der Waals surface area contributed by atoms with Crippen LogP contribution < -0.4 is 15.5 Å². The summed E-state index contributed by atoms with van der Waals surface area (Å²) in [5.41, 5.74) is 0.501. The lowest BCUT2D eigenvalue weighted by Gasteiger charge is -2.33. The highest BCUT2D eigenvalue weighted by molar-refractivity contribution is 7.98. The molecule has 0 radical (unpaired) electrons. The molecule has 0 spiro atoms. The zero-order chi connectivity index (χ0) is 22.9. The predicted octanol–water partition coefficient (Wildman–Crippen LogP) is 6.14. The maximum absolute atomic E-state index is 13.6. The van der Waals surface area contributed by atoms with Gasteiger partial charge in [0.2, 0.25) is 5.95 Å². The van der Waals surface area contributed by atoms with Crippen LogP contribution in [-0.2, 0) is 6.18 Å². The van der Waals surface area contributed by atoms with E-state index in [0.717, 1.165) is 36.4 Å². The summed E-state index contributed by atoms with van der Waals surface area (Å²) in [5.74, 6) is 0.0533. The Hall–Kier alpha value is -2.01. The number of hydrogen-bond acceptors (Lipinski definition) is 7. The fourth-order valence-electron chi connectivity index (χ4n) is 3.48. The van der Waals surface area contributed by atoms with Gasteiger partial charge in [0.25, 0.3) is 0 Å². The minimum absolute atomic E-state index is 0.0533. The van der Waals surface area contributed by atoms with Crippen molar-refractivity contribution in [3.8, 4) is 10.6 Å². The van der Waals surface area contributed by atoms with Crippen molar-refractivity contribution in [1.29, 1.82) is 0 Å². The number of alkyl halides is 3. The molecule has 2 aromatic heterocycles. The van der Waals surface area contributed by atoms with E-state index in [9.17, 15) is 13.2 Å². The summed E-state index contributed by atoms with van der Waals surface area (Å²) in [5, 5.41) is 8.61. The number of benzene rings is 1. The highest BCUT2D eigenvalue weighted by atomic mass is 35.5. The van der Waals surface area contributed by atoms with E-state index in [1.54, 1.807) is 12.1 Å². The molecule has 1 fully saturated rings. The number of nitrogens with zero attached hydrogens (tertiary/aromatic N) is 3. The van der Waals surface area contributed by atoms with Gasteiger partial charge in [-0.25, -0.2) is 9.97 Å². The van der Waals surface area contributed by atoms with Crippen LogP contribution in [0.3, 0.4) is 0 Å². The molecule has 170 valence electrons. The van der Waals surface area contributed by atoms with Crippen LogP contribution in [0.15, 0.2) is 40.7 Å². The Morgan fingerprint density at radius 3 is 2.78 bits per heavy atom. The van der Waals surface area contributed by atoms with Gasteiger partial charge in [-0.2, -0.15) is 13.2 Å². The number of nitrogens with one attached hydrogen (secondary N) is 2. The number of halogens is 4. The molecule has 1 aromatic carbocycles. The summed E-state index contributed by atoms with van der Waals surface area (Å²) >= 11 is 9.16. The second-order valence-electron chi connectivity index (χ2n) is 7.39. The van der Waals surface area contributed by atoms with Gasteiger partial charge in [-0.15, -0.1) is 23.1 Å². The number of hydrogen-bond donors (Lipinski definition) is 2. The summed E-state index contributed by atoms with van der Waals surface area (Å²) in [4.78, 5) is 11.6. The van der Waals surface area contributed by atoms with Gasteiger partial charge in [-0.1, -0.05) is 11.6 Å². The Labute approximate surface area is 197 Å². The van der Waals surface area contributed by atoms with Gasteiger partial charge in [-0.3, -0.25) is 0 Å². The first-order valence-electron chi connectivity index (χ1n) is 9.86. The zero-order valence-electron chi connectivity index (χ0n) is 17.3. The first-order valence-corrected chi connectivity index (χ1v) is 12.3. The third kappa shape index (κ3) is 5.14. The first kappa shape index (κ1) is 23.2. The van der Waals surface area contributed by atoms with Gasteiger partial charge in [0.05, 0.1) is 21.3 Å². The number of piperazine rings is 1. The molecule has 3 heterocycles. The number of thioether (sulfide) groups is 1. The quantitative estimate of drug-likeness (QED) is 0.411. The average Bonchev–Trinajstić information content (AvgIpc) is 3.24. The van der Waals surface area contributed by atoms with Gasteiger partial charge < -0.3 is 15.5 Å². The van der Waals surface area contributed by atoms with E-state index >= 15 is 0 Å². The van der Waals surface area contributed by atoms with Gasteiger partial charge in [0, 0.05) is 47.8 Å². The summed E-state index contributed by atoms with van der Waals surface area (Å²) in [7, 11) is 0. The molecule has 0 bridgehead atoms. The number of aromatic nitrogens is 2. The van der Waals surface area contributed by atoms with Crippen LogP contribution in [0.1, 0.15) is 12.5 Å². The topological polar surface area (TPSA) is 53.1 Å². The van der Waals surface area contributed by atoms with Crippen LogP contribution in [0.5, 0.6) is 0 Å². The van der Waals surface area contributed by atoms with E-state index in [2.05, 4.69) is 32.4 Å². The van der Waals surface area contributed by atoms with Crippen molar-refractivity contribution in [2.45, 2.75) is 24.0 Å². The van der Waals surface area contributed by atoms with Crippen LogP contribution in [0.25, 0.3) is 10.6 Å². The summed E-state index contributed by atoms with van der Waals surface area (Å²) < 4.78 is 40.7. The molecule has 1 atom stereocenters. The molecule has 0 aliphatic carbocycles. The van der Waals surface area contributed by atoms with Gasteiger partial charge >= 0.3 is 6.18 Å². The second-order valence-corrected chi connectivity index (χ2v) is 9.59. The monoisotopic (exact) mass is 499 g/mol. The Balaban J connectivity index is 1.62. The average molecular weight is 500 g/mol. The second kappa shape index (κ2) is 9.46. The van der Waals surface area contributed by atoms with Crippen LogP contribution >= 0.6 is 34.7 Å². The summed E-state index contributed by atoms with van der Waals surface area (Å²) in [6, 6.07) is 7.65. The number of rotatable bonds is 5. The number of thiophene rings is 1. The Kier molecular flexibility index (Phi) is 6.85. The lowest BCUT2D eigenvalue weighted by atomic mass is 10.2. The molecule has 1 unspecified atom stereocenters. The highest BCUT2D eigenvalue weighted by Crippen LogP contribution is 2.40. The van der Waals surface area contributed by atoms with Crippen molar-refractivity contribution >= 4 is 52.0 Å². The molecule has 1 saturated heterocycles. The van der Waals surface area contributed by atoms with E-state index in [1.165, 1.54) is 23.1 Å². The normalized spacial score (nSPS) is 16.9. The molecule has 32 heavy (non-hydrogen) atoms. The van der Waals surface area contributed by atoms with Crippen LogP contribution in [-0.4, -0.2) is 41.9 Å². The largest absolute Gasteiger partial charge is 0.420 e. The smallest absolute Gasteiger partial charge is 0.369 e. The molecule has 1 aliphatic rings. The standard InChI is InChI=1S/C21H21ClF3N5S2/c1-12-10-30(6-5-26-12)13-3-4-17(16(22)7-13)28-20-27-9-15(21(23,24)25)19(29-20)18-8-14(31-2)11-32-18/h3-4,7-9,11-12,26H,5-6,10H2,1-2H3,(H,27,28,29). The van der Waals surface area contributed by atoms with Crippen molar-refractivity contribution in [2.24, 2.45) is 0 Å². The van der Waals surface area contributed by atoms with Crippen LogP contribution in [0.4, 0.5) is 30.5 Å². The van der Waals surface area contributed by atoms with Gasteiger partial charge in [0.15, 0.2) is 0 Å². The molecule has 3 aromatic rings. The fourth-order valence-corrected chi connectivity index (χ4v) is 5.31. The lowest BCUT2D eigenvalue weighted by Crippen LogP contribution is -2.49. The van der Waals surface area contributed by atoms with Crippen molar-refractivity contribution in [3.05, 3.63) is 46.4 Å². The zero-order valence-corrected chi connectivity index (χ0v) is 19.7. The fraction of sp³-hybridized carbons (Fsp3) is 0.333. The predicted molar refractivity (Wildman–Crippen MR) is 127 cm³/mol. The first-order chi connectivity index (χ1) is 15.2. The summed E-state index contributed by atoms with van der Waals surface area (Å²) in [6.45, 7) is 4.76. The van der Waals surface area contributed by atoms with Crippen molar-refractivity contribution in [1.82, 2.24) is 15.3 Å². The molecule has 0 amide bonds. The summed E-state index contributed by atoms with van der Waals surface area (Å²) in [6.07, 6.45) is -1.87. The van der Waals surface area contributed by atoms with E-state index in [0.29, 0.717) is 21.6 Å². The Morgan fingerprint density at radius 2 is 2.12 bits per heavy atom. The maximum atomic E-state index is 13.6. The SMILES string of the molecule is CSc1csc(-c2nc(Nc3ccc(N4CCNC(C)C4)cc3Cl)ncc2C(F)(F)F)c1. The van der Waals surface area contributed by atoms with Gasteiger partial charge in [0.1, 0.15) is 5.56 Å². The van der Waals surface area contributed by atoms with E-state index in [-0.39, 0.29) is 11.6 Å². The van der Waals surface area contributed by atoms with Crippen LogP contribution in [0, 0.1) is 0 Å². The molecule has 1 aliphatic heterocycles. The minimum atomic E-state index is -4.56. The van der Waals surface area contributed by atoms with E-state index in [1.807, 2.05) is 23.8 Å². The minimum Gasteiger partial charge on any atom is -0.369 e. The molecule has 4 rings (SSSR count). The molecule has 5 nitrogen and oxygen atoms in total.